The molecule has 30 heavy (non-hydrogen) atoms. The molecule has 4 heterocycles. The summed E-state index contributed by atoms with van der Waals surface area (Å²) in [5.74, 6) is -0.229. The summed E-state index contributed by atoms with van der Waals surface area (Å²) in [6.45, 7) is 1.35. The number of aromatic amines is 2. The highest BCUT2D eigenvalue weighted by atomic mass is 16.3. The van der Waals surface area contributed by atoms with Gasteiger partial charge in [0, 0.05) is 35.8 Å². The van der Waals surface area contributed by atoms with Crippen LogP contribution < -0.4 is 5.32 Å². The molecule has 4 aromatic rings. The maximum absolute atomic E-state index is 12.7. The molecule has 152 valence electrons. The summed E-state index contributed by atoms with van der Waals surface area (Å²) in [6.07, 6.45) is 5.89. The Balaban J connectivity index is 1.22. The number of nitrogens with zero attached hydrogens (tertiary/aromatic N) is 3. The van der Waals surface area contributed by atoms with Gasteiger partial charge in [-0.1, -0.05) is 18.2 Å². The number of benzene rings is 1. The second kappa shape index (κ2) is 7.51. The Morgan fingerprint density at radius 3 is 3.03 bits per heavy atom. The van der Waals surface area contributed by atoms with Crippen LogP contribution in [0.25, 0.3) is 10.9 Å². The standard InChI is InChI=1S/C21H20N6O3/c28-20(23-7-5-13-9-24-16-4-2-1-3-14(13)16)19-15-6-8-27(11-17(15)25-26-19)21(29)18-10-22-12-30-18/h1-4,9-10,12,24H,5-8,11H2,(H,23,28)(H,25,26). The minimum atomic E-state index is -0.225. The Kier molecular flexibility index (Phi) is 4.55. The highest BCUT2D eigenvalue weighted by Crippen LogP contribution is 2.22. The summed E-state index contributed by atoms with van der Waals surface area (Å²) in [5.41, 5.74) is 4.29. The number of rotatable bonds is 5. The Morgan fingerprint density at radius 2 is 2.17 bits per heavy atom. The van der Waals surface area contributed by atoms with Gasteiger partial charge in [-0.25, -0.2) is 4.98 Å². The fourth-order valence-electron chi connectivity index (χ4n) is 3.89. The molecule has 5 rings (SSSR count). The number of hydrogen-bond acceptors (Lipinski definition) is 5. The van der Waals surface area contributed by atoms with Crippen molar-refractivity contribution in [3.05, 3.63) is 71.3 Å². The van der Waals surface area contributed by atoms with Crippen LogP contribution in [-0.4, -0.2) is 50.0 Å². The number of amides is 2. The fraction of sp³-hybridized carbons (Fsp3) is 0.238. The van der Waals surface area contributed by atoms with Crippen LogP contribution >= 0.6 is 0 Å². The van der Waals surface area contributed by atoms with E-state index in [4.69, 9.17) is 4.42 Å². The highest BCUT2D eigenvalue weighted by Gasteiger charge is 2.28. The minimum absolute atomic E-state index is 0.202. The molecule has 1 aromatic carbocycles. The van der Waals surface area contributed by atoms with E-state index in [2.05, 4.69) is 31.5 Å². The number of H-pyrrole nitrogens is 2. The molecule has 0 bridgehead atoms. The van der Waals surface area contributed by atoms with Gasteiger partial charge in [0.1, 0.15) is 0 Å². The van der Waals surface area contributed by atoms with Gasteiger partial charge in [0.15, 0.2) is 12.1 Å². The van der Waals surface area contributed by atoms with Crippen LogP contribution in [0.1, 0.15) is 37.9 Å². The lowest BCUT2D eigenvalue weighted by Crippen LogP contribution is -2.36. The van der Waals surface area contributed by atoms with Crippen molar-refractivity contribution in [1.82, 2.24) is 30.4 Å². The molecule has 9 heteroatoms. The van der Waals surface area contributed by atoms with Gasteiger partial charge >= 0.3 is 0 Å². The molecule has 2 amide bonds. The molecule has 1 aliphatic rings. The van der Waals surface area contributed by atoms with Crippen LogP contribution in [0.4, 0.5) is 0 Å². The summed E-state index contributed by atoms with van der Waals surface area (Å²) in [6, 6.07) is 8.10. The molecule has 1 aliphatic heterocycles. The number of aromatic nitrogens is 4. The zero-order valence-electron chi connectivity index (χ0n) is 16.1. The van der Waals surface area contributed by atoms with Crippen LogP contribution in [0.3, 0.4) is 0 Å². The van der Waals surface area contributed by atoms with Crippen molar-refractivity contribution in [2.24, 2.45) is 0 Å². The number of fused-ring (bicyclic) bond motifs is 2. The number of nitrogens with one attached hydrogen (secondary N) is 3. The molecule has 0 aliphatic carbocycles. The van der Waals surface area contributed by atoms with Gasteiger partial charge in [-0.05, 0) is 24.5 Å². The predicted octanol–water partition coefficient (Wildman–Crippen LogP) is 2.05. The quantitative estimate of drug-likeness (QED) is 0.470. The van der Waals surface area contributed by atoms with Crippen molar-refractivity contribution in [2.45, 2.75) is 19.4 Å². The summed E-state index contributed by atoms with van der Waals surface area (Å²) >= 11 is 0. The first-order chi connectivity index (χ1) is 14.7. The zero-order valence-corrected chi connectivity index (χ0v) is 16.1. The van der Waals surface area contributed by atoms with Gasteiger partial charge in [0.2, 0.25) is 5.76 Å². The maximum Gasteiger partial charge on any atom is 0.291 e. The molecular weight excluding hydrogens is 384 g/mol. The molecule has 3 N–H and O–H groups in total. The first-order valence-corrected chi connectivity index (χ1v) is 9.78. The molecule has 0 saturated carbocycles. The number of carbonyl (C=O) groups excluding carboxylic acids is 2. The van der Waals surface area contributed by atoms with Gasteiger partial charge in [0.25, 0.3) is 11.8 Å². The Labute approximate surface area is 171 Å². The number of oxazole rings is 1. The molecule has 0 atom stereocenters. The molecule has 0 unspecified atom stereocenters. The molecule has 9 nitrogen and oxygen atoms in total. The lowest BCUT2D eigenvalue weighted by Gasteiger charge is -2.25. The molecule has 0 radical (unpaired) electrons. The summed E-state index contributed by atoms with van der Waals surface area (Å²) < 4.78 is 5.09. The van der Waals surface area contributed by atoms with E-state index in [1.807, 2.05) is 24.4 Å². The Hall–Kier alpha value is -3.88. The van der Waals surface area contributed by atoms with E-state index in [-0.39, 0.29) is 17.6 Å². The topological polar surface area (TPSA) is 120 Å². The average molecular weight is 404 g/mol. The Bertz CT molecular complexity index is 1210. The van der Waals surface area contributed by atoms with E-state index in [0.29, 0.717) is 31.7 Å². The third kappa shape index (κ3) is 3.24. The Morgan fingerprint density at radius 1 is 1.27 bits per heavy atom. The van der Waals surface area contributed by atoms with E-state index in [1.165, 1.54) is 18.0 Å². The van der Waals surface area contributed by atoms with Crippen molar-refractivity contribution in [3.8, 4) is 0 Å². The lowest BCUT2D eigenvalue weighted by atomic mass is 10.0. The van der Waals surface area contributed by atoms with Crippen LogP contribution in [0.2, 0.25) is 0 Å². The summed E-state index contributed by atoms with van der Waals surface area (Å²) in [5, 5.41) is 11.2. The summed E-state index contributed by atoms with van der Waals surface area (Å²) in [7, 11) is 0. The largest absolute Gasteiger partial charge is 0.438 e. The van der Waals surface area contributed by atoms with Gasteiger partial charge in [-0.2, -0.15) is 5.10 Å². The van der Waals surface area contributed by atoms with Gasteiger partial charge in [0.05, 0.1) is 18.4 Å². The first kappa shape index (κ1) is 18.2. The smallest absolute Gasteiger partial charge is 0.291 e. The second-order valence-corrected chi connectivity index (χ2v) is 7.24. The van der Waals surface area contributed by atoms with E-state index in [0.717, 1.165) is 28.8 Å². The van der Waals surface area contributed by atoms with Crippen LogP contribution in [-0.2, 0) is 19.4 Å². The molecular formula is C21H20N6O3. The molecule has 3 aromatic heterocycles. The van der Waals surface area contributed by atoms with Crippen LogP contribution in [0.5, 0.6) is 0 Å². The first-order valence-electron chi connectivity index (χ1n) is 9.78. The minimum Gasteiger partial charge on any atom is -0.438 e. The van der Waals surface area contributed by atoms with E-state index < -0.39 is 0 Å². The SMILES string of the molecule is O=C(NCCc1c[nH]c2ccccc12)c1n[nH]c2c1CCN(C(=O)c1cnco1)C2. The van der Waals surface area contributed by atoms with Crippen LogP contribution in [0.15, 0.2) is 47.5 Å². The third-order valence-corrected chi connectivity index (χ3v) is 5.43. The predicted molar refractivity (Wildman–Crippen MR) is 108 cm³/mol. The van der Waals surface area contributed by atoms with E-state index in [1.54, 1.807) is 4.90 Å². The van der Waals surface area contributed by atoms with Crippen molar-refractivity contribution in [2.75, 3.05) is 13.1 Å². The fourth-order valence-corrected chi connectivity index (χ4v) is 3.89. The monoisotopic (exact) mass is 404 g/mol. The molecule has 0 saturated heterocycles. The van der Waals surface area contributed by atoms with Gasteiger partial charge < -0.3 is 19.6 Å². The zero-order chi connectivity index (χ0) is 20.5. The van der Waals surface area contributed by atoms with E-state index >= 15 is 0 Å². The number of para-hydroxylation sites is 1. The lowest BCUT2D eigenvalue weighted by molar-refractivity contribution is 0.0700. The maximum atomic E-state index is 12.7. The van der Waals surface area contributed by atoms with Crippen LogP contribution in [0, 0.1) is 0 Å². The average Bonchev–Trinajstić information content (AvgIpc) is 3.52. The van der Waals surface area contributed by atoms with Gasteiger partial charge in [-0.15, -0.1) is 0 Å². The number of hydrogen-bond donors (Lipinski definition) is 3. The van der Waals surface area contributed by atoms with Crippen molar-refractivity contribution >= 4 is 22.7 Å². The number of carbonyl (C=O) groups is 2. The highest BCUT2D eigenvalue weighted by molar-refractivity contribution is 5.94. The molecule has 0 fully saturated rings. The normalized spacial score (nSPS) is 13.4. The van der Waals surface area contributed by atoms with Crippen molar-refractivity contribution in [3.63, 3.8) is 0 Å². The third-order valence-electron chi connectivity index (χ3n) is 5.43. The molecule has 0 spiro atoms. The summed E-state index contributed by atoms with van der Waals surface area (Å²) in [4.78, 5) is 33.8. The van der Waals surface area contributed by atoms with Crippen molar-refractivity contribution in [1.29, 1.82) is 0 Å². The second-order valence-electron chi connectivity index (χ2n) is 7.24. The van der Waals surface area contributed by atoms with Crippen molar-refractivity contribution < 1.29 is 14.0 Å². The van der Waals surface area contributed by atoms with Gasteiger partial charge in [-0.3, -0.25) is 14.7 Å². The van der Waals surface area contributed by atoms with E-state index in [9.17, 15) is 9.59 Å².